The van der Waals surface area contributed by atoms with Gasteiger partial charge in [-0.1, -0.05) is 0 Å². The lowest BCUT2D eigenvalue weighted by atomic mass is 10.4. The highest BCUT2D eigenvalue weighted by Gasteiger charge is 2.02. The number of thiazole rings is 1. The van der Waals surface area contributed by atoms with Crippen LogP contribution in [0.25, 0.3) is 0 Å². The summed E-state index contributed by atoms with van der Waals surface area (Å²) in [6, 6.07) is 0.505. The SMILES string of the molecule is CSCC(C)Nc1nc(C)cs1. The molecule has 0 saturated heterocycles. The summed E-state index contributed by atoms with van der Waals surface area (Å²) < 4.78 is 0. The van der Waals surface area contributed by atoms with E-state index in [4.69, 9.17) is 0 Å². The van der Waals surface area contributed by atoms with E-state index in [1.54, 1.807) is 11.3 Å². The van der Waals surface area contributed by atoms with Crippen molar-refractivity contribution in [1.82, 2.24) is 4.98 Å². The monoisotopic (exact) mass is 202 g/mol. The molecule has 0 aromatic carbocycles. The van der Waals surface area contributed by atoms with Gasteiger partial charge in [-0.15, -0.1) is 11.3 Å². The molecule has 0 saturated carbocycles. The van der Waals surface area contributed by atoms with Crippen LogP contribution >= 0.6 is 23.1 Å². The van der Waals surface area contributed by atoms with Gasteiger partial charge in [-0.3, -0.25) is 0 Å². The molecule has 0 radical (unpaired) electrons. The van der Waals surface area contributed by atoms with Crippen LogP contribution in [0, 0.1) is 6.92 Å². The maximum absolute atomic E-state index is 4.33. The van der Waals surface area contributed by atoms with Crippen molar-refractivity contribution in [3.05, 3.63) is 11.1 Å². The lowest BCUT2D eigenvalue weighted by molar-refractivity contribution is 0.909. The number of anilines is 1. The van der Waals surface area contributed by atoms with E-state index in [2.05, 4.69) is 28.9 Å². The van der Waals surface area contributed by atoms with Gasteiger partial charge in [0, 0.05) is 17.2 Å². The highest BCUT2D eigenvalue weighted by atomic mass is 32.2. The topological polar surface area (TPSA) is 24.9 Å². The number of nitrogens with one attached hydrogen (secondary N) is 1. The van der Waals surface area contributed by atoms with Crippen LogP contribution in [0.1, 0.15) is 12.6 Å². The summed E-state index contributed by atoms with van der Waals surface area (Å²) in [5, 5.41) is 6.45. The van der Waals surface area contributed by atoms with Crippen molar-refractivity contribution in [3.63, 3.8) is 0 Å². The Morgan fingerprint density at radius 2 is 2.50 bits per heavy atom. The molecule has 1 aromatic heterocycles. The number of rotatable bonds is 4. The molecule has 1 unspecified atom stereocenters. The van der Waals surface area contributed by atoms with Crippen molar-refractivity contribution < 1.29 is 0 Å². The largest absolute Gasteiger partial charge is 0.358 e. The third-order valence-corrected chi connectivity index (χ3v) is 3.13. The first-order chi connectivity index (χ1) is 5.72. The first-order valence-electron chi connectivity index (χ1n) is 3.90. The van der Waals surface area contributed by atoms with Crippen molar-refractivity contribution in [2.24, 2.45) is 0 Å². The fourth-order valence-electron chi connectivity index (χ4n) is 0.923. The van der Waals surface area contributed by atoms with E-state index >= 15 is 0 Å². The molecule has 1 N–H and O–H groups in total. The summed E-state index contributed by atoms with van der Waals surface area (Å²) in [7, 11) is 0. The fraction of sp³-hybridized carbons (Fsp3) is 0.625. The van der Waals surface area contributed by atoms with Crippen LogP contribution in [-0.2, 0) is 0 Å². The Hall–Kier alpha value is -0.220. The Labute approximate surface area is 81.8 Å². The molecule has 0 aliphatic rings. The molecule has 12 heavy (non-hydrogen) atoms. The van der Waals surface area contributed by atoms with Crippen LogP contribution in [0.2, 0.25) is 0 Å². The zero-order valence-electron chi connectivity index (χ0n) is 7.63. The van der Waals surface area contributed by atoms with Crippen molar-refractivity contribution in [3.8, 4) is 0 Å². The van der Waals surface area contributed by atoms with Crippen molar-refractivity contribution in [1.29, 1.82) is 0 Å². The maximum Gasteiger partial charge on any atom is 0.183 e. The molecule has 1 heterocycles. The number of aryl methyl sites for hydroxylation is 1. The first-order valence-corrected chi connectivity index (χ1v) is 6.17. The summed E-state index contributed by atoms with van der Waals surface area (Å²) in [6.45, 7) is 4.19. The van der Waals surface area contributed by atoms with E-state index in [1.807, 2.05) is 18.7 Å². The second-order valence-corrected chi connectivity index (χ2v) is 4.56. The van der Waals surface area contributed by atoms with Gasteiger partial charge in [0.25, 0.3) is 0 Å². The maximum atomic E-state index is 4.33. The smallest absolute Gasteiger partial charge is 0.183 e. The van der Waals surface area contributed by atoms with Gasteiger partial charge < -0.3 is 5.32 Å². The highest BCUT2D eigenvalue weighted by molar-refractivity contribution is 7.98. The summed E-state index contributed by atoms with van der Waals surface area (Å²) in [5.74, 6) is 1.12. The first kappa shape index (κ1) is 9.86. The minimum absolute atomic E-state index is 0.505. The lowest BCUT2D eigenvalue weighted by Gasteiger charge is -2.10. The zero-order chi connectivity index (χ0) is 8.97. The molecule has 1 aromatic rings. The molecule has 1 rings (SSSR count). The molecule has 1 atom stereocenters. The van der Waals surface area contributed by atoms with Gasteiger partial charge in [-0.05, 0) is 20.1 Å². The Kier molecular flexibility index (Phi) is 3.88. The molecule has 0 aliphatic heterocycles. The average Bonchev–Trinajstić information content (AvgIpc) is 2.36. The third-order valence-electron chi connectivity index (χ3n) is 1.41. The number of thioether (sulfide) groups is 1. The Morgan fingerprint density at radius 1 is 1.75 bits per heavy atom. The Bertz CT molecular complexity index is 235. The standard InChI is InChI=1S/C8H14N2S2/c1-6(4-11-3)9-8-10-7(2)5-12-8/h5-6H,4H2,1-3H3,(H,9,10). The molecule has 0 spiro atoms. The van der Waals surface area contributed by atoms with E-state index in [-0.39, 0.29) is 0 Å². The van der Waals surface area contributed by atoms with Crippen LogP contribution in [0.15, 0.2) is 5.38 Å². The summed E-state index contributed by atoms with van der Waals surface area (Å²) in [5.41, 5.74) is 1.10. The second kappa shape index (κ2) is 4.72. The van der Waals surface area contributed by atoms with Crippen LogP contribution in [0.4, 0.5) is 5.13 Å². The van der Waals surface area contributed by atoms with Crippen LogP contribution in [-0.4, -0.2) is 23.0 Å². The number of nitrogens with zero attached hydrogens (tertiary/aromatic N) is 1. The van der Waals surface area contributed by atoms with Crippen molar-refractivity contribution in [2.75, 3.05) is 17.3 Å². The highest BCUT2D eigenvalue weighted by Crippen LogP contribution is 2.16. The number of aromatic nitrogens is 1. The molecule has 0 bridgehead atoms. The van der Waals surface area contributed by atoms with Crippen LogP contribution < -0.4 is 5.32 Å². The van der Waals surface area contributed by atoms with E-state index < -0.39 is 0 Å². The normalized spacial score (nSPS) is 12.9. The quantitative estimate of drug-likeness (QED) is 0.812. The lowest BCUT2D eigenvalue weighted by Crippen LogP contribution is -2.17. The Balaban J connectivity index is 2.41. The summed E-state index contributed by atoms with van der Waals surface area (Å²) >= 11 is 3.52. The van der Waals surface area contributed by atoms with E-state index in [0.29, 0.717) is 6.04 Å². The predicted molar refractivity (Wildman–Crippen MR) is 58.3 cm³/mol. The van der Waals surface area contributed by atoms with Crippen molar-refractivity contribution in [2.45, 2.75) is 19.9 Å². The number of hydrogen-bond acceptors (Lipinski definition) is 4. The predicted octanol–water partition coefficient (Wildman–Crippen LogP) is 2.61. The summed E-state index contributed by atoms with van der Waals surface area (Å²) in [4.78, 5) is 4.33. The van der Waals surface area contributed by atoms with Gasteiger partial charge in [0.2, 0.25) is 0 Å². The van der Waals surface area contributed by atoms with E-state index in [1.165, 1.54) is 0 Å². The van der Waals surface area contributed by atoms with Gasteiger partial charge in [-0.25, -0.2) is 4.98 Å². The molecule has 2 nitrogen and oxygen atoms in total. The van der Waals surface area contributed by atoms with Gasteiger partial charge in [0.1, 0.15) is 0 Å². The number of hydrogen-bond donors (Lipinski definition) is 1. The molecule has 0 aliphatic carbocycles. The van der Waals surface area contributed by atoms with Crippen LogP contribution in [0.3, 0.4) is 0 Å². The van der Waals surface area contributed by atoms with E-state index in [9.17, 15) is 0 Å². The van der Waals surface area contributed by atoms with Gasteiger partial charge in [0.15, 0.2) is 5.13 Å². The molecule has 0 fully saturated rings. The molecule has 68 valence electrons. The Morgan fingerprint density at radius 3 is 3.00 bits per heavy atom. The van der Waals surface area contributed by atoms with Crippen molar-refractivity contribution >= 4 is 28.2 Å². The molecular formula is C8H14N2S2. The third kappa shape index (κ3) is 3.03. The summed E-state index contributed by atoms with van der Waals surface area (Å²) in [6.07, 6.45) is 2.12. The molecule has 0 amide bonds. The average molecular weight is 202 g/mol. The minimum Gasteiger partial charge on any atom is -0.358 e. The fourth-order valence-corrected chi connectivity index (χ4v) is 2.31. The zero-order valence-corrected chi connectivity index (χ0v) is 9.26. The van der Waals surface area contributed by atoms with Gasteiger partial charge in [0.05, 0.1) is 5.69 Å². The van der Waals surface area contributed by atoms with Crippen LogP contribution in [0.5, 0.6) is 0 Å². The minimum atomic E-state index is 0.505. The molecule has 4 heteroatoms. The van der Waals surface area contributed by atoms with Gasteiger partial charge >= 0.3 is 0 Å². The second-order valence-electron chi connectivity index (χ2n) is 2.79. The van der Waals surface area contributed by atoms with E-state index in [0.717, 1.165) is 16.6 Å². The van der Waals surface area contributed by atoms with Gasteiger partial charge in [-0.2, -0.15) is 11.8 Å². The molecular weight excluding hydrogens is 188 g/mol.